The average molecular weight is 305 g/mol. The highest BCUT2D eigenvalue weighted by Gasteiger charge is 2.68. The Morgan fingerprint density at radius 1 is 0.810 bits per heavy atom. The first-order valence-corrected chi connectivity index (χ1v) is 10.7. The fraction of sp³-hybridized carbons (Fsp3) is 1.00. The molecule has 1 spiro atoms. The van der Waals surface area contributed by atoms with Gasteiger partial charge in [0.15, 0.2) is 0 Å². The Balaban J connectivity index is 1.48. The zero-order valence-electron chi connectivity index (χ0n) is 14.0. The Morgan fingerprint density at radius 3 is 2.43 bits per heavy atom. The van der Waals surface area contributed by atoms with Gasteiger partial charge >= 0.3 is 0 Å². The summed E-state index contributed by atoms with van der Waals surface area (Å²) in [4.78, 5) is 0. The Hall–Kier alpha value is 0.350. The van der Waals surface area contributed by atoms with E-state index in [1.165, 1.54) is 18.6 Å². The van der Waals surface area contributed by atoms with E-state index >= 15 is 0 Å². The first-order chi connectivity index (χ1) is 10.1. The van der Waals surface area contributed by atoms with Crippen LogP contribution in [0.25, 0.3) is 0 Å². The second-order valence-electron chi connectivity index (χ2n) is 9.68. The minimum absolute atomic E-state index is 0.719. The molecule has 0 aromatic heterocycles. The molecule has 5 rings (SSSR count). The predicted molar refractivity (Wildman–Crippen MR) is 91.5 cm³/mol. The van der Waals surface area contributed by atoms with E-state index in [-0.39, 0.29) is 0 Å². The molecule has 5 aliphatic rings. The van der Waals surface area contributed by atoms with Crippen LogP contribution in [0.1, 0.15) is 78.1 Å². The topological polar surface area (TPSA) is 0 Å². The van der Waals surface area contributed by atoms with Gasteiger partial charge in [0.1, 0.15) is 0 Å². The Kier molecular flexibility index (Phi) is 2.78. The van der Waals surface area contributed by atoms with Crippen molar-refractivity contribution in [1.29, 1.82) is 0 Å². The standard InChI is InChI=1S/C20H32S/c1-18-10-4-3-5-14(18)6-7-15-16(18)8-11-19(2)17(15)9-12-20(19)13-21-20/h14-17H,3-13H2,1-2H3/t14-,15-,16+,17+,18+,19+,20+/m1/s1. The third-order valence-corrected chi connectivity index (χ3v) is 11.0. The van der Waals surface area contributed by atoms with E-state index in [9.17, 15) is 0 Å². The Morgan fingerprint density at radius 2 is 1.62 bits per heavy atom. The molecule has 4 saturated carbocycles. The zero-order chi connectivity index (χ0) is 14.3. The van der Waals surface area contributed by atoms with Crippen LogP contribution in [-0.2, 0) is 0 Å². The summed E-state index contributed by atoms with van der Waals surface area (Å²) in [7, 11) is 0. The van der Waals surface area contributed by atoms with Gasteiger partial charge in [-0.1, -0.05) is 26.7 Å². The summed E-state index contributed by atoms with van der Waals surface area (Å²) in [6, 6.07) is 0. The predicted octanol–water partition coefficient (Wildman–Crippen LogP) is 5.90. The SMILES string of the molecule is C[C@]12CCCC[C@@H]1CC[C@@H]1[C@@H]2CC[C@@]2(C)[C@H]1CC[C@]21CS1. The van der Waals surface area contributed by atoms with Gasteiger partial charge in [0.2, 0.25) is 0 Å². The van der Waals surface area contributed by atoms with Crippen LogP contribution in [0.15, 0.2) is 0 Å². The van der Waals surface area contributed by atoms with E-state index in [0.717, 1.165) is 39.2 Å². The van der Waals surface area contributed by atoms with Crippen molar-refractivity contribution in [2.45, 2.75) is 82.8 Å². The van der Waals surface area contributed by atoms with Crippen LogP contribution in [0.2, 0.25) is 0 Å². The molecule has 0 nitrogen and oxygen atoms in total. The van der Waals surface area contributed by atoms with Gasteiger partial charge in [-0.05, 0) is 85.9 Å². The average Bonchev–Trinajstić information content (AvgIpc) is 3.20. The molecule has 1 saturated heterocycles. The smallest absolute Gasteiger partial charge is 0.0307 e. The maximum atomic E-state index is 2.72. The van der Waals surface area contributed by atoms with Crippen molar-refractivity contribution in [3.63, 3.8) is 0 Å². The quantitative estimate of drug-likeness (QED) is 0.502. The second-order valence-corrected chi connectivity index (χ2v) is 11.0. The number of fused-ring (bicyclic) bond motifs is 6. The molecule has 0 aromatic carbocycles. The summed E-state index contributed by atoms with van der Waals surface area (Å²) in [6.45, 7) is 5.42. The highest BCUT2D eigenvalue weighted by atomic mass is 32.2. The first-order valence-electron chi connectivity index (χ1n) is 9.73. The van der Waals surface area contributed by atoms with Crippen LogP contribution in [0.5, 0.6) is 0 Å². The van der Waals surface area contributed by atoms with Crippen molar-refractivity contribution in [3.8, 4) is 0 Å². The maximum Gasteiger partial charge on any atom is 0.0307 e. The number of rotatable bonds is 0. The van der Waals surface area contributed by atoms with Gasteiger partial charge in [-0.3, -0.25) is 0 Å². The molecule has 0 aromatic rings. The summed E-state index contributed by atoms with van der Waals surface area (Å²) in [6.07, 6.45) is 15.6. The Bertz CT molecular complexity index is 453. The van der Waals surface area contributed by atoms with Gasteiger partial charge in [0.25, 0.3) is 0 Å². The van der Waals surface area contributed by atoms with Crippen molar-refractivity contribution in [1.82, 2.24) is 0 Å². The van der Waals surface area contributed by atoms with Gasteiger partial charge in [0.05, 0.1) is 0 Å². The lowest BCUT2D eigenvalue weighted by atomic mass is 9.45. The lowest BCUT2D eigenvalue weighted by Crippen LogP contribution is -2.53. The van der Waals surface area contributed by atoms with Crippen molar-refractivity contribution in [2.75, 3.05) is 5.75 Å². The monoisotopic (exact) mass is 304 g/mol. The molecule has 0 unspecified atom stereocenters. The molecule has 1 heterocycles. The van der Waals surface area contributed by atoms with Gasteiger partial charge < -0.3 is 0 Å². The highest BCUT2D eigenvalue weighted by molar-refractivity contribution is 8.08. The summed E-state index contributed by atoms with van der Waals surface area (Å²) >= 11 is 2.32. The molecule has 21 heavy (non-hydrogen) atoms. The van der Waals surface area contributed by atoms with Gasteiger partial charge in [0, 0.05) is 10.5 Å². The molecule has 7 atom stereocenters. The molecule has 118 valence electrons. The minimum Gasteiger partial charge on any atom is -0.152 e. The molecular weight excluding hydrogens is 272 g/mol. The van der Waals surface area contributed by atoms with E-state index < -0.39 is 0 Å². The van der Waals surface area contributed by atoms with Crippen LogP contribution < -0.4 is 0 Å². The van der Waals surface area contributed by atoms with Crippen molar-refractivity contribution >= 4 is 11.8 Å². The van der Waals surface area contributed by atoms with Crippen LogP contribution in [0.3, 0.4) is 0 Å². The maximum absolute atomic E-state index is 2.72. The van der Waals surface area contributed by atoms with E-state index in [0.29, 0.717) is 0 Å². The van der Waals surface area contributed by atoms with E-state index in [4.69, 9.17) is 0 Å². The van der Waals surface area contributed by atoms with Crippen molar-refractivity contribution < 1.29 is 0 Å². The molecule has 0 radical (unpaired) electrons. The third kappa shape index (κ3) is 1.60. The first kappa shape index (κ1) is 13.8. The van der Waals surface area contributed by atoms with Crippen LogP contribution in [-0.4, -0.2) is 10.5 Å². The number of hydrogen-bond acceptors (Lipinski definition) is 1. The summed E-state index contributed by atoms with van der Waals surface area (Å²) in [5, 5.41) is 0. The number of hydrogen-bond donors (Lipinski definition) is 0. The van der Waals surface area contributed by atoms with Gasteiger partial charge in [-0.2, -0.15) is 11.8 Å². The van der Waals surface area contributed by atoms with Crippen LogP contribution >= 0.6 is 11.8 Å². The van der Waals surface area contributed by atoms with Crippen molar-refractivity contribution in [3.05, 3.63) is 0 Å². The third-order valence-electron chi connectivity index (χ3n) is 9.37. The molecule has 1 heteroatoms. The van der Waals surface area contributed by atoms with E-state index in [1.807, 2.05) is 0 Å². The molecule has 0 amide bonds. The van der Waals surface area contributed by atoms with E-state index in [1.54, 1.807) is 51.4 Å². The van der Waals surface area contributed by atoms with Gasteiger partial charge in [-0.15, -0.1) is 0 Å². The highest BCUT2D eigenvalue weighted by Crippen LogP contribution is 2.75. The second kappa shape index (κ2) is 4.25. The van der Waals surface area contributed by atoms with E-state index in [2.05, 4.69) is 25.6 Å². The summed E-state index contributed by atoms with van der Waals surface area (Å²) < 4.78 is 0.757. The van der Waals surface area contributed by atoms with Gasteiger partial charge in [-0.25, -0.2) is 0 Å². The fourth-order valence-corrected chi connectivity index (χ4v) is 9.44. The summed E-state index contributed by atoms with van der Waals surface area (Å²) in [5.41, 5.74) is 1.45. The minimum atomic E-state index is 0.719. The zero-order valence-corrected chi connectivity index (χ0v) is 14.8. The molecule has 4 aliphatic carbocycles. The molecule has 1 aliphatic heterocycles. The molecule has 0 N–H and O–H groups in total. The fourth-order valence-electron chi connectivity index (χ4n) is 7.95. The molecular formula is C20H32S. The Labute approximate surface area is 135 Å². The lowest BCUT2D eigenvalue weighted by molar-refractivity contribution is -0.105. The summed E-state index contributed by atoms with van der Waals surface area (Å²) in [5.74, 6) is 5.86. The molecule has 5 fully saturated rings. The largest absolute Gasteiger partial charge is 0.152 e. The molecule has 0 bridgehead atoms. The number of thioether (sulfide) groups is 1. The normalized spacial score (nSPS) is 62.0. The van der Waals surface area contributed by atoms with Crippen molar-refractivity contribution in [2.24, 2.45) is 34.5 Å². The lowest BCUT2D eigenvalue weighted by Gasteiger charge is -2.60. The van der Waals surface area contributed by atoms with Crippen LogP contribution in [0, 0.1) is 34.5 Å². The van der Waals surface area contributed by atoms with Crippen LogP contribution in [0.4, 0.5) is 0 Å².